The number of methoxy groups -OCH3 is 1. The van der Waals surface area contributed by atoms with Crippen LogP contribution in [0.1, 0.15) is 18.4 Å². The molecular formula is C25H30F3N5O4. The molecule has 1 atom stereocenters. The first kappa shape index (κ1) is 27.8. The van der Waals surface area contributed by atoms with Crippen LogP contribution in [0.25, 0.3) is 0 Å². The molecule has 4 rings (SSSR count). The monoisotopic (exact) mass is 521 g/mol. The van der Waals surface area contributed by atoms with Crippen molar-refractivity contribution in [1.82, 2.24) is 10.2 Å². The minimum Gasteiger partial charge on any atom is -0.497 e. The Bertz CT molecular complexity index is 1090. The first-order valence-electron chi connectivity index (χ1n) is 11.6. The summed E-state index contributed by atoms with van der Waals surface area (Å²) in [7, 11) is 1.64. The summed E-state index contributed by atoms with van der Waals surface area (Å²) in [5, 5.41) is 13.5. The number of hydrogen-bond acceptors (Lipinski definition) is 8. The van der Waals surface area contributed by atoms with Crippen molar-refractivity contribution in [2.45, 2.75) is 24.7 Å². The molecule has 1 unspecified atom stereocenters. The molecule has 2 aromatic carbocycles. The van der Waals surface area contributed by atoms with Gasteiger partial charge in [-0.2, -0.15) is 13.2 Å². The van der Waals surface area contributed by atoms with E-state index in [4.69, 9.17) is 25.1 Å². The van der Waals surface area contributed by atoms with Gasteiger partial charge in [-0.05, 0) is 74.0 Å². The number of alkyl halides is 3. The number of nitrogens with zero attached hydrogens (tertiary/aromatic N) is 2. The van der Waals surface area contributed by atoms with Crippen LogP contribution in [-0.2, 0) is 10.5 Å². The first-order chi connectivity index (χ1) is 17.6. The zero-order valence-electron chi connectivity index (χ0n) is 20.3. The number of rotatable bonds is 7. The van der Waals surface area contributed by atoms with Crippen LogP contribution < -0.4 is 25.8 Å². The minimum absolute atomic E-state index is 0.582. The van der Waals surface area contributed by atoms with Crippen LogP contribution in [0.3, 0.4) is 0 Å². The molecule has 0 aromatic heterocycles. The highest BCUT2D eigenvalue weighted by Crippen LogP contribution is 2.26. The third-order valence-electron chi connectivity index (χ3n) is 5.64. The molecule has 0 radical (unpaired) electrons. The van der Waals surface area contributed by atoms with Crippen LogP contribution in [0.15, 0.2) is 65.8 Å². The van der Waals surface area contributed by atoms with Gasteiger partial charge in [0.2, 0.25) is 5.96 Å². The van der Waals surface area contributed by atoms with Crippen LogP contribution in [0.5, 0.6) is 11.5 Å². The van der Waals surface area contributed by atoms with Gasteiger partial charge in [-0.15, -0.1) is 0 Å². The van der Waals surface area contributed by atoms with Gasteiger partial charge in [0.05, 0.1) is 7.11 Å². The second kappa shape index (κ2) is 12.5. The van der Waals surface area contributed by atoms with E-state index in [9.17, 15) is 13.2 Å². The number of carboxylic acid groups (broad SMARTS) is 1. The van der Waals surface area contributed by atoms with Crippen molar-refractivity contribution in [3.63, 3.8) is 0 Å². The van der Waals surface area contributed by atoms with Crippen molar-refractivity contribution in [3.05, 3.63) is 66.4 Å². The van der Waals surface area contributed by atoms with Gasteiger partial charge >= 0.3 is 12.1 Å². The Labute approximate surface area is 212 Å². The number of ether oxygens (including phenoxy) is 2. The Morgan fingerprint density at radius 2 is 1.73 bits per heavy atom. The summed E-state index contributed by atoms with van der Waals surface area (Å²) in [6.07, 6.45) is 1.15. The zero-order chi connectivity index (χ0) is 26.9. The molecule has 2 aliphatic heterocycles. The van der Waals surface area contributed by atoms with Crippen LogP contribution in [0, 0.1) is 0 Å². The van der Waals surface area contributed by atoms with E-state index in [1.807, 2.05) is 54.6 Å². The van der Waals surface area contributed by atoms with Crippen LogP contribution >= 0.6 is 0 Å². The van der Waals surface area contributed by atoms with E-state index >= 15 is 0 Å². The number of halogens is 3. The first-order valence-corrected chi connectivity index (χ1v) is 11.6. The Morgan fingerprint density at radius 1 is 1.14 bits per heavy atom. The number of carboxylic acids is 1. The number of likely N-dealkylation sites (tertiary alicyclic amines) is 1. The van der Waals surface area contributed by atoms with Crippen molar-refractivity contribution in [2.75, 3.05) is 38.7 Å². The van der Waals surface area contributed by atoms with Gasteiger partial charge < -0.3 is 25.2 Å². The Hall–Kier alpha value is -3.77. The number of aliphatic carboxylic acids is 1. The Morgan fingerprint density at radius 3 is 2.30 bits per heavy atom. The number of benzene rings is 2. The second-order valence-electron chi connectivity index (χ2n) is 8.34. The normalized spacial score (nSPS) is 19.2. The maximum absolute atomic E-state index is 10.6. The van der Waals surface area contributed by atoms with Gasteiger partial charge in [0, 0.05) is 18.4 Å². The van der Waals surface area contributed by atoms with Gasteiger partial charge in [0.15, 0.2) is 5.66 Å². The molecule has 0 aliphatic carbocycles. The van der Waals surface area contributed by atoms with Crippen molar-refractivity contribution >= 4 is 17.6 Å². The lowest BCUT2D eigenvalue weighted by atomic mass is 10.00. The third-order valence-corrected chi connectivity index (χ3v) is 5.64. The van der Waals surface area contributed by atoms with Crippen molar-refractivity contribution in [2.24, 2.45) is 10.7 Å². The van der Waals surface area contributed by atoms with Gasteiger partial charge in [-0.25, -0.2) is 9.79 Å². The van der Waals surface area contributed by atoms with E-state index in [0.29, 0.717) is 12.6 Å². The summed E-state index contributed by atoms with van der Waals surface area (Å²) in [4.78, 5) is 16.0. The summed E-state index contributed by atoms with van der Waals surface area (Å²) in [5.74, 6) is -0.527. The molecule has 1 fully saturated rings. The lowest BCUT2D eigenvalue weighted by Gasteiger charge is -2.27. The highest BCUT2D eigenvalue weighted by molar-refractivity contribution is 5.95. The predicted octanol–water partition coefficient (Wildman–Crippen LogP) is 3.50. The van der Waals surface area contributed by atoms with Gasteiger partial charge in [-0.1, -0.05) is 12.1 Å². The fraction of sp³-hybridized carbons (Fsp3) is 0.360. The quantitative estimate of drug-likeness (QED) is 0.437. The van der Waals surface area contributed by atoms with Crippen molar-refractivity contribution < 1.29 is 32.5 Å². The van der Waals surface area contributed by atoms with Gasteiger partial charge in [0.25, 0.3) is 0 Å². The van der Waals surface area contributed by atoms with E-state index in [0.717, 1.165) is 29.3 Å². The number of nitrogens with two attached hydrogens (primary N) is 1. The molecule has 2 heterocycles. The van der Waals surface area contributed by atoms with E-state index in [-0.39, 0.29) is 0 Å². The maximum atomic E-state index is 10.6. The highest BCUT2D eigenvalue weighted by atomic mass is 19.4. The summed E-state index contributed by atoms with van der Waals surface area (Å²) in [6.45, 7) is 4.07. The minimum atomic E-state index is -5.08. The number of hydrogen-bond donors (Lipinski definition) is 4. The molecular weight excluding hydrogens is 491 g/mol. The molecule has 1 saturated heterocycles. The van der Waals surface area contributed by atoms with Crippen molar-refractivity contribution in [1.29, 1.82) is 0 Å². The number of aliphatic imine (C=N–C) groups is 1. The molecule has 37 heavy (non-hydrogen) atoms. The zero-order valence-corrected chi connectivity index (χ0v) is 20.3. The Balaban J connectivity index is 0.000000479. The number of guanidine groups is 1. The maximum Gasteiger partial charge on any atom is 0.490 e. The fourth-order valence-electron chi connectivity index (χ4n) is 3.66. The molecule has 2 aromatic rings. The number of anilines is 1. The highest BCUT2D eigenvalue weighted by Gasteiger charge is 2.38. The topological polar surface area (TPSA) is 121 Å². The molecule has 0 amide bonds. The van der Waals surface area contributed by atoms with Gasteiger partial charge in [-0.3, -0.25) is 10.6 Å². The number of carbonyl (C=O) groups is 1. The summed E-state index contributed by atoms with van der Waals surface area (Å²) >= 11 is 0. The standard InChI is InChI=1S/C23H29N5O2.C2HF3O2/c1-29-20-8-4-18(5-9-20)23(24)12-13-25-22(27-23)26-19-6-10-21(11-7-19)30-17-16-28-14-2-3-15-28;3-2(4,5)1(6)7/h4-13H,2-3,14-17,24H2,1H3,(H2,25,26,27);(H,6,7). The predicted molar refractivity (Wildman–Crippen MR) is 133 cm³/mol. The van der Waals surface area contributed by atoms with E-state index in [1.54, 1.807) is 13.3 Å². The second-order valence-corrected chi connectivity index (χ2v) is 8.34. The lowest BCUT2D eigenvalue weighted by molar-refractivity contribution is -0.192. The van der Waals surface area contributed by atoms with Crippen LogP contribution in [-0.4, -0.2) is 61.5 Å². The average molecular weight is 522 g/mol. The van der Waals surface area contributed by atoms with Crippen LogP contribution in [0.4, 0.5) is 18.9 Å². The smallest absolute Gasteiger partial charge is 0.490 e. The lowest BCUT2D eigenvalue weighted by Crippen LogP contribution is -2.41. The molecule has 12 heteroatoms. The third kappa shape index (κ3) is 8.40. The summed E-state index contributed by atoms with van der Waals surface area (Å²) in [5.41, 5.74) is 7.36. The van der Waals surface area contributed by atoms with E-state index < -0.39 is 17.8 Å². The van der Waals surface area contributed by atoms with Crippen LogP contribution in [0.2, 0.25) is 0 Å². The average Bonchev–Trinajstić information content (AvgIpc) is 3.39. The SMILES string of the molecule is COc1ccc(C2(N)C=CNC(Nc3ccc(OCCN4CCCC4)cc3)=N2)cc1.O=C(O)C(F)(F)F. The largest absolute Gasteiger partial charge is 0.497 e. The molecule has 9 nitrogen and oxygen atoms in total. The van der Waals surface area contributed by atoms with E-state index in [1.165, 1.54) is 25.9 Å². The molecule has 5 N–H and O–H groups in total. The molecule has 2 aliphatic rings. The van der Waals surface area contributed by atoms with Gasteiger partial charge in [0.1, 0.15) is 18.1 Å². The summed E-state index contributed by atoms with van der Waals surface area (Å²) in [6, 6.07) is 15.5. The summed E-state index contributed by atoms with van der Waals surface area (Å²) < 4.78 is 42.8. The molecule has 0 spiro atoms. The fourth-order valence-corrected chi connectivity index (χ4v) is 3.66. The number of nitrogens with one attached hydrogen (secondary N) is 2. The van der Waals surface area contributed by atoms with E-state index in [2.05, 4.69) is 20.5 Å². The molecule has 0 saturated carbocycles. The Kier molecular flexibility index (Phi) is 9.36. The molecule has 200 valence electrons. The van der Waals surface area contributed by atoms with Crippen molar-refractivity contribution in [3.8, 4) is 11.5 Å². The molecule has 0 bridgehead atoms.